The quantitative estimate of drug-likeness (QED) is 0.0417. The minimum atomic E-state index is -4.44. The maximum absolute atomic E-state index is 12.4. The van der Waals surface area contributed by atoms with Crippen LogP contribution in [0.2, 0.25) is 0 Å². The van der Waals surface area contributed by atoms with Crippen LogP contribution >= 0.6 is 0 Å². The predicted molar refractivity (Wildman–Crippen MR) is 171 cm³/mol. The Balaban J connectivity index is 4.10. The molecule has 0 aliphatic rings. The highest BCUT2D eigenvalue weighted by atomic mass is 32.2. The van der Waals surface area contributed by atoms with Crippen molar-refractivity contribution in [2.75, 3.05) is 5.75 Å². The van der Waals surface area contributed by atoms with Crippen molar-refractivity contribution in [2.45, 2.75) is 161 Å². The summed E-state index contributed by atoms with van der Waals surface area (Å²) in [5.74, 6) is -1.58. The monoisotopic (exact) mass is 599 g/mol. The molecule has 4 N–H and O–H groups in total. The Morgan fingerprint density at radius 1 is 0.659 bits per heavy atom. The van der Waals surface area contributed by atoms with Gasteiger partial charge in [-0.2, -0.15) is 8.42 Å². The van der Waals surface area contributed by atoms with Crippen LogP contribution in [0.5, 0.6) is 0 Å². The number of aliphatic hydroxyl groups is 2. The Labute approximate surface area is 251 Å². The number of hydrogen-bond donors (Lipinski definition) is 4. The highest BCUT2D eigenvalue weighted by molar-refractivity contribution is 7.85. The van der Waals surface area contributed by atoms with Crippen molar-refractivity contribution in [3.8, 4) is 0 Å². The summed E-state index contributed by atoms with van der Waals surface area (Å²) in [6, 6.07) is -1.25. The van der Waals surface area contributed by atoms with Gasteiger partial charge in [-0.1, -0.05) is 127 Å². The highest BCUT2D eigenvalue weighted by Gasteiger charge is 2.27. The van der Waals surface area contributed by atoms with Gasteiger partial charge in [-0.25, -0.2) is 0 Å². The van der Waals surface area contributed by atoms with Gasteiger partial charge in [0.05, 0.1) is 17.9 Å². The Hall–Kier alpha value is -1.48. The number of carbonyl (C=O) groups is 1. The van der Waals surface area contributed by atoms with Crippen LogP contribution in [0.15, 0.2) is 36.5 Å². The topological polar surface area (TPSA) is 124 Å². The zero-order valence-corrected chi connectivity index (χ0v) is 26.8. The molecule has 1 amide bonds. The number of aliphatic hydroxyl groups excluding tert-OH is 2. The second kappa shape index (κ2) is 27.4. The average Bonchev–Trinajstić information content (AvgIpc) is 2.92. The van der Waals surface area contributed by atoms with Crippen LogP contribution in [0, 0.1) is 0 Å². The van der Waals surface area contributed by atoms with Crippen LogP contribution in [0.3, 0.4) is 0 Å². The number of rotatable bonds is 28. The molecule has 8 heteroatoms. The van der Waals surface area contributed by atoms with Crippen LogP contribution in [0.1, 0.15) is 142 Å². The summed E-state index contributed by atoms with van der Waals surface area (Å²) in [5.41, 5.74) is 0. The summed E-state index contributed by atoms with van der Waals surface area (Å²) < 4.78 is 32.1. The fraction of sp³-hybridized carbons (Fsp3) is 0.788. The van der Waals surface area contributed by atoms with Crippen molar-refractivity contribution in [3.05, 3.63) is 36.5 Å². The molecule has 0 aromatic carbocycles. The molecule has 0 aromatic rings. The van der Waals surface area contributed by atoms with E-state index in [2.05, 4.69) is 37.4 Å². The van der Waals surface area contributed by atoms with Crippen LogP contribution in [-0.2, 0) is 14.9 Å². The summed E-state index contributed by atoms with van der Waals surface area (Å²) in [6.07, 6.45) is 30.9. The van der Waals surface area contributed by atoms with Gasteiger partial charge in [-0.15, -0.1) is 0 Å². The second-order valence-electron chi connectivity index (χ2n) is 11.2. The van der Waals surface area contributed by atoms with Crippen LogP contribution in [0.4, 0.5) is 0 Å². The highest BCUT2D eigenvalue weighted by Crippen LogP contribution is 2.12. The summed E-state index contributed by atoms with van der Waals surface area (Å²) in [5, 5.41) is 23.0. The van der Waals surface area contributed by atoms with Crippen molar-refractivity contribution >= 4 is 16.0 Å². The van der Waals surface area contributed by atoms with E-state index in [4.69, 9.17) is 0 Å². The van der Waals surface area contributed by atoms with Gasteiger partial charge in [0.15, 0.2) is 0 Å². The first-order chi connectivity index (χ1) is 19.7. The lowest BCUT2D eigenvalue weighted by Gasteiger charge is -2.22. The SMILES string of the molecule is CCC/C=C/CC/C=C/C(O)C(CS(=O)(=O)O)NC(=O)C(O)CCCCCC/C=C\CCCCCCCCCCC. The number of nitrogens with one attached hydrogen (secondary N) is 1. The van der Waals surface area contributed by atoms with Gasteiger partial charge in [0.25, 0.3) is 10.1 Å². The summed E-state index contributed by atoms with van der Waals surface area (Å²) in [7, 11) is -4.44. The first-order valence-electron chi connectivity index (χ1n) is 16.3. The van der Waals surface area contributed by atoms with Crippen LogP contribution in [0.25, 0.3) is 0 Å². The van der Waals surface area contributed by atoms with Crippen molar-refractivity contribution in [1.82, 2.24) is 5.32 Å². The zero-order chi connectivity index (χ0) is 30.6. The van der Waals surface area contributed by atoms with Gasteiger partial charge >= 0.3 is 0 Å². The molecule has 41 heavy (non-hydrogen) atoms. The van der Waals surface area contributed by atoms with Crippen molar-refractivity contribution in [2.24, 2.45) is 0 Å². The summed E-state index contributed by atoms with van der Waals surface area (Å²) in [6.45, 7) is 4.35. The molecule has 0 spiro atoms. The van der Waals surface area contributed by atoms with E-state index in [9.17, 15) is 28.0 Å². The van der Waals surface area contributed by atoms with Crippen molar-refractivity contribution in [3.63, 3.8) is 0 Å². The maximum atomic E-state index is 12.4. The number of hydrogen-bond acceptors (Lipinski definition) is 5. The molecule has 0 fully saturated rings. The fourth-order valence-corrected chi connectivity index (χ4v) is 5.32. The molecule has 0 aliphatic heterocycles. The molecular weight excluding hydrogens is 538 g/mol. The van der Waals surface area contributed by atoms with Gasteiger partial charge in [0.2, 0.25) is 5.91 Å². The molecular formula is C33H61NO6S. The lowest BCUT2D eigenvalue weighted by molar-refractivity contribution is -0.130. The van der Waals surface area contributed by atoms with Crippen LogP contribution in [-0.4, -0.2) is 53.1 Å². The summed E-state index contributed by atoms with van der Waals surface area (Å²) in [4.78, 5) is 12.4. The number of amides is 1. The molecule has 3 unspecified atom stereocenters. The van der Waals surface area contributed by atoms with Gasteiger partial charge in [-0.05, 0) is 51.4 Å². The molecule has 0 aromatic heterocycles. The van der Waals surface area contributed by atoms with Gasteiger partial charge in [-0.3, -0.25) is 9.35 Å². The molecule has 7 nitrogen and oxygen atoms in total. The third-order valence-corrected chi connectivity index (χ3v) is 7.91. The molecule has 0 aliphatic carbocycles. The molecule has 0 rings (SSSR count). The van der Waals surface area contributed by atoms with E-state index < -0.39 is 40.0 Å². The van der Waals surface area contributed by atoms with Gasteiger partial charge < -0.3 is 15.5 Å². The smallest absolute Gasteiger partial charge is 0.267 e. The zero-order valence-electron chi connectivity index (χ0n) is 26.0. The largest absolute Gasteiger partial charge is 0.387 e. The minimum Gasteiger partial charge on any atom is -0.387 e. The Morgan fingerprint density at radius 3 is 1.71 bits per heavy atom. The third kappa shape index (κ3) is 27.1. The molecule has 0 radical (unpaired) electrons. The second-order valence-corrected chi connectivity index (χ2v) is 12.7. The normalized spacial score (nSPS) is 14.8. The van der Waals surface area contributed by atoms with E-state index in [0.29, 0.717) is 12.8 Å². The molecule has 0 saturated heterocycles. The van der Waals surface area contributed by atoms with E-state index in [-0.39, 0.29) is 6.42 Å². The lowest BCUT2D eigenvalue weighted by Crippen LogP contribution is -2.50. The maximum Gasteiger partial charge on any atom is 0.267 e. The van der Waals surface area contributed by atoms with Gasteiger partial charge in [0, 0.05) is 0 Å². The first-order valence-corrected chi connectivity index (χ1v) is 17.9. The molecule has 0 saturated carbocycles. The molecule has 3 atom stereocenters. The lowest BCUT2D eigenvalue weighted by atomic mass is 10.1. The Bertz CT molecular complexity index is 809. The molecule has 0 bridgehead atoms. The number of allylic oxidation sites excluding steroid dienone is 5. The Morgan fingerprint density at radius 2 is 1.15 bits per heavy atom. The van der Waals surface area contributed by atoms with Gasteiger partial charge in [0.1, 0.15) is 6.10 Å². The molecule has 240 valence electrons. The first kappa shape index (κ1) is 39.5. The van der Waals surface area contributed by atoms with Crippen LogP contribution < -0.4 is 5.32 Å². The standard InChI is InChI=1S/C33H61NO6S/c1-3-5-7-9-11-12-13-14-15-16-17-18-19-20-22-24-26-28-32(36)33(37)34-30(29-41(38,39)40)31(35)27-25-23-21-10-8-6-4-2/h8,10,17-18,25,27,30-32,35-36H,3-7,9,11-16,19-24,26,28-29H2,1-2H3,(H,34,37)(H,38,39,40)/b10-8+,18-17-,27-25+. The van der Waals surface area contributed by atoms with E-state index in [1.54, 1.807) is 6.08 Å². The molecule has 0 heterocycles. The summed E-state index contributed by atoms with van der Waals surface area (Å²) >= 11 is 0. The van der Waals surface area contributed by atoms with Crippen molar-refractivity contribution < 1.29 is 28.0 Å². The van der Waals surface area contributed by atoms with E-state index in [1.807, 2.05) is 6.08 Å². The average molecular weight is 600 g/mol. The predicted octanol–water partition coefficient (Wildman–Crippen LogP) is 7.59. The van der Waals surface area contributed by atoms with Crippen molar-refractivity contribution in [1.29, 1.82) is 0 Å². The van der Waals surface area contributed by atoms with E-state index in [0.717, 1.165) is 51.4 Å². The van der Waals surface area contributed by atoms with E-state index in [1.165, 1.54) is 63.9 Å². The fourth-order valence-electron chi connectivity index (χ4n) is 4.59. The Kier molecular flexibility index (Phi) is 26.4. The third-order valence-electron chi connectivity index (χ3n) is 7.13. The number of unbranched alkanes of at least 4 members (excludes halogenated alkanes) is 15. The minimum absolute atomic E-state index is 0.259. The van der Waals surface area contributed by atoms with E-state index >= 15 is 0 Å². The number of carbonyl (C=O) groups excluding carboxylic acids is 1.